The molecule has 0 unspecified atom stereocenters. The lowest BCUT2D eigenvalue weighted by atomic mass is 9.89. The summed E-state index contributed by atoms with van der Waals surface area (Å²) in [6.07, 6.45) is 3.73. The fourth-order valence-corrected chi connectivity index (χ4v) is 1.37. The summed E-state index contributed by atoms with van der Waals surface area (Å²) in [4.78, 5) is 11.3. The van der Waals surface area contributed by atoms with E-state index in [1.807, 2.05) is 0 Å². The van der Waals surface area contributed by atoms with Crippen LogP contribution in [-0.4, -0.2) is 5.78 Å². The van der Waals surface area contributed by atoms with E-state index in [-0.39, 0.29) is 0 Å². The zero-order chi connectivity index (χ0) is 10.5. The maximum absolute atomic E-state index is 11.3. The van der Waals surface area contributed by atoms with Crippen LogP contribution in [0.2, 0.25) is 0 Å². The molecule has 0 saturated heterocycles. The molecule has 0 amide bonds. The van der Waals surface area contributed by atoms with Crippen molar-refractivity contribution in [3.8, 4) is 0 Å². The number of ketones is 1. The summed E-state index contributed by atoms with van der Waals surface area (Å²) < 4.78 is 0. The van der Waals surface area contributed by atoms with Gasteiger partial charge in [0, 0.05) is 12.8 Å². The second-order valence-corrected chi connectivity index (χ2v) is 5.55. The van der Waals surface area contributed by atoms with Crippen molar-refractivity contribution in [1.82, 2.24) is 0 Å². The zero-order valence-electron chi connectivity index (χ0n) is 9.81. The zero-order valence-corrected chi connectivity index (χ0v) is 9.81. The normalized spacial score (nSPS) is 12.2. The summed E-state index contributed by atoms with van der Waals surface area (Å²) in [6.45, 7) is 10.9. The number of Topliss-reactive ketones (excluding diaryl/α,β-unsaturated/α-hetero) is 1. The average Bonchev–Trinajstić information content (AvgIpc) is 1.81. The van der Waals surface area contributed by atoms with Crippen LogP contribution in [0, 0.1) is 11.3 Å². The molecule has 0 aliphatic heterocycles. The second-order valence-electron chi connectivity index (χ2n) is 5.55. The fraction of sp³-hybridized carbons (Fsp3) is 0.917. The molecule has 0 aromatic carbocycles. The van der Waals surface area contributed by atoms with Gasteiger partial charge < -0.3 is 0 Å². The van der Waals surface area contributed by atoms with E-state index in [4.69, 9.17) is 0 Å². The van der Waals surface area contributed by atoms with Crippen LogP contribution in [0.25, 0.3) is 0 Å². The molecule has 13 heavy (non-hydrogen) atoms. The van der Waals surface area contributed by atoms with Crippen molar-refractivity contribution in [2.75, 3.05) is 0 Å². The van der Waals surface area contributed by atoms with Gasteiger partial charge in [0.15, 0.2) is 0 Å². The summed E-state index contributed by atoms with van der Waals surface area (Å²) >= 11 is 0. The SMILES string of the molecule is CC(C)CC(=O)CCCC(C)(C)C. The highest BCUT2D eigenvalue weighted by Gasteiger charge is 2.11. The molecular weight excluding hydrogens is 160 g/mol. The molecule has 0 fully saturated rings. The van der Waals surface area contributed by atoms with Crippen molar-refractivity contribution >= 4 is 5.78 Å². The Bertz CT molecular complexity index is 151. The molecular formula is C12H24O. The Morgan fingerprint density at radius 3 is 2.15 bits per heavy atom. The van der Waals surface area contributed by atoms with Gasteiger partial charge in [-0.1, -0.05) is 34.6 Å². The Hall–Kier alpha value is -0.330. The van der Waals surface area contributed by atoms with Gasteiger partial charge in [0.2, 0.25) is 0 Å². The first-order valence-corrected chi connectivity index (χ1v) is 5.33. The Balaban J connectivity index is 3.49. The number of hydrogen-bond acceptors (Lipinski definition) is 1. The molecule has 78 valence electrons. The highest BCUT2D eigenvalue weighted by molar-refractivity contribution is 5.78. The van der Waals surface area contributed by atoms with Crippen molar-refractivity contribution in [3.05, 3.63) is 0 Å². The van der Waals surface area contributed by atoms with E-state index in [2.05, 4.69) is 34.6 Å². The van der Waals surface area contributed by atoms with Crippen LogP contribution in [0.4, 0.5) is 0 Å². The van der Waals surface area contributed by atoms with Crippen LogP contribution < -0.4 is 0 Å². The van der Waals surface area contributed by atoms with Crippen LogP contribution in [0.1, 0.15) is 60.3 Å². The molecule has 0 atom stereocenters. The maximum Gasteiger partial charge on any atom is 0.133 e. The van der Waals surface area contributed by atoms with E-state index < -0.39 is 0 Å². The van der Waals surface area contributed by atoms with Crippen molar-refractivity contribution in [3.63, 3.8) is 0 Å². The monoisotopic (exact) mass is 184 g/mol. The molecule has 0 N–H and O–H groups in total. The fourth-order valence-electron chi connectivity index (χ4n) is 1.37. The van der Waals surface area contributed by atoms with E-state index in [0.717, 1.165) is 25.7 Å². The summed E-state index contributed by atoms with van der Waals surface area (Å²) in [7, 11) is 0. The minimum Gasteiger partial charge on any atom is -0.300 e. The van der Waals surface area contributed by atoms with Crippen molar-refractivity contribution in [2.24, 2.45) is 11.3 Å². The van der Waals surface area contributed by atoms with E-state index in [1.54, 1.807) is 0 Å². The summed E-state index contributed by atoms with van der Waals surface area (Å²) in [6, 6.07) is 0. The lowest BCUT2D eigenvalue weighted by Crippen LogP contribution is -2.07. The molecule has 0 saturated carbocycles. The molecule has 0 aliphatic carbocycles. The van der Waals surface area contributed by atoms with Gasteiger partial charge in [0.1, 0.15) is 5.78 Å². The third kappa shape index (κ3) is 9.59. The second kappa shape index (κ2) is 5.41. The summed E-state index contributed by atoms with van der Waals surface area (Å²) in [5.41, 5.74) is 0.373. The van der Waals surface area contributed by atoms with E-state index >= 15 is 0 Å². The lowest BCUT2D eigenvalue weighted by Gasteiger charge is -2.17. The van der Waals surface area contributed by atoms with Crippen molar-refractivity contribution in [2.45, 2.75) is 60.3 Å². The van der Waals surface area contributed by atoms with Crippen molar-refractivity contribution < 1.29 is 4.79 Å². The van der Waals surface area contributed by atoms with Crippen LogP contribution >= 0.6 is 0 Å². The van der Waals surface area contributed by atoms with E-state index in [1.165, 1.54) is 0 Å². The van der Waals surface area contributed by atoms with Gasteiger partial charge in [-0.2, -0.15) is 0 Å². The Morgan fingerprint density at radius 1 is 1.23 bits per heavy atom. The minimum atomic E-state index is 0.373. The number of hydrogen-bond donors (Lipinski definition) is 0. The van der Waals surface area contributed by atoms with Gasteiger partial charge in [0.25, 0.3) is 0 Å². The summed E-state index contributed by atoms with van der Waals surface area (Å²) in [5, 5.41) is 0. The predicted molar refractivity (Wildman–Crippen MR) is 57.8 cm³/mol. The molecule has 0 rings (SSSR count). The third-order valence-electron chi connectivity index (χ3n) is 2.02. The highest BCUT2D eigenvalue weighted by atomic mass is 16.1. The van der Waals surface area contributed by atoms with E-state index in [0.29, 0.717) is 17.1 Å². The predicted octanol–water partition coefficient (Wildman–Crippen LogP) is 3.82. The minimum absolute atomic E-state index is 0.373. The Kier molecular flexibility index (Phi) is 5.27. The highest BCUT2D eigenvalue weighted by Crippen LogP contribution is 2.22. The van der Waals surface area contributed by atoms with E-state index in [9.17, 15) is 4.79 Å². The average molecular weight is 184 g/mol. The maximum atomic E-state index is 11.3. The molecule has 0 spiro atoms. The van der Waals surface area contributed by atoms with Gasteiger partial charge in [-0.3, -0.25) is 4.79 Å². The standard InChI is InChI=1S/C12H24O/c1-10(2)9-11(13)7-6-8-12(3,4)5/h10H,6-9H2,1-5H3. The number of carbonyl (C=O) groups is 1. The summed E-state index contributed by atoms with van der Waals surface area (Å²) in [5.74, 6) is 0.946. The lowest BCUT2D eigenvalue weighted by molar-refractivity contribution is -0.119. The molecule has 0 aliphatic rings. The molecule has 0 radical (unpaired) electrons. The molecule has 1 heteroatoms. The Morgan fingerprint density at radius 2 is 1.77 bits per heavy atom. The Labute approximate surface area is 82.9 Å². The van der Waals surface area contributed by atoms with Gasteiger partial charge in [-0.05, 0) is 24.2 Å². The van der Waals surface area contributed by atoms with Crippen LogP contribution in [-0.2, 0) is 4.79 Å². The van der Waals surface area contributed by atoms with Crippen LogP contribution in [0.3, 0.4) is 0 Å². The smallest absolute Gasteiger partial charge is 0.133 e. The quantitative estimate of drug-likeness (QED) is 0.635. The number of carbonyl (C=O) groups excluding carboxylic acids is 1. The first kappa shape index (κ1) is 12.7. The topological polar surface area (TPSA) is 17.1 Å². The molecule has 0 heterocycles. The largest absolute Gasteiger partial charge is 0.300 e. The molecule has 1 nitrogen and oxygen atoms in total. The van der Waals surface area contributed by atoms with Gasteiger partial charge in [-0.15, -0.1) is 0 Å². The van der Waals surface area contributed by atoms with Gasteiger partial charge in [0.05, 0.1) is 0 Å². The van der Waals surface area contributed by atoms with Gasteiger partial charge >= 0.3 is 0 Å². The third-order valence-corrected chi connectivity index (χ3v) is 2.02. The first-order valence-electron chi connectivity index (χ1n) is 5.33. The molecule has 0 aromatic rings. The molecule has 0 bridgehead atoms. The van der Waals surface area contributed by atoms with Crippen LogP contribution in [0.5, 0.6) is 0 Å². The number of rotatable bonds is 5. The van der Waals surface area contributed by atoms with Gasteiger partial charge in [-0.25, -0.2) is 0 Å². The van der Waals surface area contributed by atoms with Crippen LogP contribution in [0.15, 0.2) is 0 Å². The first-order chi connectivity index (χ1) is 5.81. The molecule has 0 aromatic heterocycles. The van der Waals surface area contributed by atoms with Crippen molar-refractivity contribution in [1.29, 1.82) is 0 Å².